The Morgan fingerprint density at radius 3 is 2.61 bits per heavy atom. The molecule has 4 rings (SSSR count). The highest BCUT2D eigenvalue weighted by molar-refractivity contribution is 6.01. The van der Waals surface area contributed by atoms with Crippen LogP contribution < -0.4 is 10.2 Å². The van der Waals surface area contributed by atoms with Crippen molar-refractivity contribution in [1.29, 1.82) is 0 Å². The third-order valence-electron chi connectivity index (χ3n) is 5.20. The number of anilines is 1. The number of carbonyl (C=O) groups excluding carboxylic acids is 2. The molecule has 1 N–H and O–H groups in total. The van der Waals surface area contributed by atoms with E-state index in [1.165, 1.54) is 24.3 Å². The molecule has 28 heavy (non-hydrogen) atoms. The molecule has 0 aliphatic carbocycles. The minimum Gasteiger partial charge on any atom is -0.352 e. The molecule has 2 aromatic carbocycles. The molecule has 2 aliphatic rings. The van der Waals surface area contributed by atoms with Gasteiger partial charge in [-0.1, -0.05) is 6.07 Å². The number of halogens is 1. The van der Waals surface area contributed by atoms with Gasteiger partial charge in [0.25, 0.3) is 5.91 Å². The van der Waals surface area contributed by atoms with E-state index < -0.39 is 5.79 Å². The highest BCUT2D eigenvalue weighted by Crippen LogP contribution is 2.38. The largest absolute Gasteiger partial charge is 0.352 e. The SMILES string of the molecule is CN1C(=O)Cc2cc(C3(CCNC(=O)c4ccc(F)cc4)OCCO3)ccc21. The molecule has 2 aromatic rings. The second-order valence-electron chi connectivity index (χ2n) is 6.94. The summed E-state index contributed by atoms with van der Waals surface area (Å²) in [6, 6.07) is 11.1. The van der Waals surface area contributed by atoms with E-state index in [2.05, 4.69) is 5.32 Å². The normalized spacial score (nSPS) is 17.6. The fourth-order valence-electron chi connectivity index (χ4n) is 3.66. The van der Waals surface area contributed by atoms with Gasteiger partial charge in [-0.15, -0.1) is 0 Å². The molecule has 0 radical (unpaired) electrons. The van der Waals surface area contributed by atoms with Crippen LogP contribution in [0.25, 0.3) is 0 Å². The Labute approximate surface area is 162 Å². The zero-order chi connectivity index (χ0) is 19.7. The molecule has 7 heteroatoms. The molecule has 1 fully saturated rings. The molecule has 0 unspecified atom stereocenters. The van der Waals surface area contributed by atoms with E-state index in [1.807, 2.05) is 18.2 Å². The summed E-state index contributed by atoms with van der Waals surface area (Å²) in [5.41, 5.74) is 3.07. The number of fused-ring (bicyclic) bond motifs is 1. The molecule has 6 nitrogen and oxygen atoms in total. The first kappa shape index (κ1) is 18.6. The van der Waals surface area contributed by atoms with Gasteiger partial charge in [0.2, 0.25) is 5.91 Å². The first-order chi connectivity index (χ1) is 13.5. The molecule has 0 saturated carbocycles. The van der Waals surface area contributed by atoms with E-state index in [1.54, 1.807) is 11.9 Å². The minimum atomic E-state index is -0.949. The van der Waals surface area contributed by atoms with Gasteiger partial charge in [0, 0.05) is 36.8 Å². The van der Waals surface area contributed by atoms with E-state index in [0.29, 0.717) is 38.2 Å². The highest BCUT2D eigenvalue weighted by atomic mass is 19.1. The lowest BCUT2D eigenvalue weighted by Gasteiger charge is -2.28. The first-order valence-corrected chi connectivity index (χ1v) is 9.20. The predicted molar refractivity (Wildman–Crippen MR) is 100 cm³/mol. The van der Waals surface area contributed by atoms with Crippen molar-refractivity contribution in [3.05, 3.63) is 65.0 Å². The van der Waals surface area contributed by atoms with Gasteiger partial charge in [-0.3, -0.25) is 9.59 Å². The van der Waals surface area contributed by atoms with Crippen molar-refractivity contribution in [3.63, 3.8) is 0 Å². The van der Waals surface area contributed by atoms with Gasteiger partial charge >= 0.3 is 0 Å². The molecular weight excluding hydrogens is 363 g/mol. The maximum atomic E-state index is 13.0. The van der Waals surface area contributed by atoms with Crippen LogP contribution in [0.2, 0.25) is 0 Å². The average Bonchev–Trinajstić information content (AvgIpc) is 3.28. The van der Waals surface area contributed by atoms with Gasteiger partial charge in [0.15, 0.2) is 5.79 Å². The summed E-state index contributed by atoms with van der Waals surface area (Å²) in [7, 11) is 1.76. The average molecular weight is 384 g/mol. The maximum absolute atomic E-state index is 13.0. The van der Waals surface area contributed by atoms with Crippen molar-refractivity contribution in [2.24, 2.45) is 0 Å². The van der Waals surface area contributed by atoms with Crippen molar-refractivity contribution < 1.29 is 23.5 Å². The third-order valence-corrected chi connectivity index (χ3v) is 5.20. The molecular formula is C21H21FN2O4. The Morgan fingerprint density at radius 2 is 1.89 bits per heavy atom. The first-order valence-electron chi connectivity index (χ1n) is 9.20. The molecule has 2 aliphatic heterocycles. The summed E-state index contributed by atoms with van der Waals surface area (Å²) >= 11 is 0. The third kappa shape index (κ3) is 3.39. The number of carbonyl (C=O) groups is 2. The van der Waals surface area contributed by atoms with E-state index in [0.717, 1.165) is 16.8 Å². The van der Waals surface area contributed by atoms with Gasteiger partial charge in [-0.25, -0.2) is 4.39 Å². The number of nitrogens with one attached hydrogen (secondary N) is 1. The monoisotopic (exact) mass is 384 g/mol. The number of hydrogen-bond acceptors (Lipinski definition) is 4. The number of ether oxygens (including phenoxy) is 2. The second kappa shape index (κ2) is 7.33. The minimum absolute atomic E-state index is 0.0565. The van der Waals surface area contributed by atoms with Crippen molar-refractivity contribution in [1.82, 2.24) is 5.32 Å². The van der Waals surface area contributed by atoms with E-state index in [4.69, 9.17) is 9.47 Å². The summed E-state index contributed by atoms with van der Waals surface area (Å²) in [5.74, 6) is -1.56. The fourth-order valence-corrected chi connectivity index (χ4v) is 3.66. The highest BCUT2D eigenvalue weighted by Gasteiger charge is 2.39. The van der Waals surface area contributed by atoms with Crippen LogP contribution in [0.15, 0.2) is 42.5 Å². The second-order valence-corrected chi connectivity index (χ2v) is 6.94. The van der Waals surface area contributed by atoms with E-state index in [9.17, 15) is 14.0 Å². The van der Waals surface area contributed by atoms with Crippen LogP contribution in [0.4, 0.5) is 10.1 Å². The van der Waals surface area contributed by atoms with Crippen LogP contribution in [-0.2, 0) is 26.5 Å². The lowest BCUT2D eigenvalue weighted by Crippen LogP contribution is -2.34. The number of nitrogens with zero attached hydrogens (tertiary/aromatic N) is 1. The quantitative estimate of drug-likeness (QED) is 0.860. The van der Waals surface area contributed by atoms with Crippen LogP contribution in [0.5, 0.6) is 0 Å². The molecule has 0 spiro atoms. The summed E-state index contributed by atoms with van der Waals surface area (Å²) in [5, 5.41) is 2.82. The number of likely N-dealkylation sites (N-methyl/N-ethyl adjacent to an activating group) is 1. The van der Waals surface area contributed by atoms with Crippen LogP contribution in [0.3, 0.4) is 0 Å². The lowest BCUT2D eigenvalue weighted by atomic mass is 9.98. The number of amides is 2. The smallest absolute Gasteiger partial charge is 0.251 e. The summed E-state index contributed by atoms with van der Waals surface area (Å²) < 4.78 is 24.8. The van der Waals surface area contributed by atoms with Crippen LogP contribution >= 0.6 is 0 Å². The lowest BCUT2D eigenvalue weighted by molar-refractivity contribution is -0.169. The Bertz CT molecular complexity index is 907. The predicted octanol–water partition coefficient (Wildman–Crippen LogP) is 2.36. The Morgan fingerprint density at radius 1 is 1.18 bits per heavy atom. The number of benzene rings is 2. The molecule has 0 atom stereocenters. The zero-order valence-corrected chi connectivity index (χ0v) is 15.5. The molecule has 0 bridgehead atoms. The van der Waals surface area contributed by atoms with Gasteiger partial charge in [0.1, 0.15) is 5.82 Å². The Kier molecular flexibility index (Phi) is 4.87. The van der Waals surface area contributed by atoms with Crippen molar-refractivity contribution in [2.45, 2.75) is 18.6 Å². The number of hydrogen-bond donors (Lipinski definition) is 1. The van der Waals surface area contributed by atoms with Crippen LogP contribution in [-0.4, -0.2) is 38.6 Å². The fraction of sp³-hybridized carbons (Fsp3) is 0.333. The van der Waals surface area contributed by atoms with E-state index >= 15 is 0 Å². The van der Waals surface area contributed by atoms with Gasteiger partial charge in [-0.05, 0) is 42.0 Å². The van der Waals surface area contributed by atoms with Crippen LogP contribution in [0.1, 0.15) is 27.9 Å². The molecule has 0 aromatic heterocycles. The molecule has 1 saturated heterocycles. The summed E-state index contributed by atoms with van der Waals surface area (Å²) in [6.07, 6.45) is 0.777. The van der Waals surface area contributed by atoms with Crippen molar-refractivity contribution >= 4 is 17.5 Å². The topological polar surface area (TPSA) is 67.9 Å². The molecule has 146 valence electrons. The van der Waals surface area contributed by atoms with Gasteiger partial charge < -0.3 is 19.7 Å². The number of rotatable bonds is 5. The van der Waals surface area contributed by atoms with Crippen molar-refractivity contribution in [3.8, 4) is 0 Å². The van der Waals surface area contributed by atoms with Crippen LogP contribution in [0, 0.1) is 5.82 Å². The standard InChI is InChI=1S/C21H21FN2O4/c1-24-18-7-4-16(12-15(18)13-19(24)25)21(27-10-11-28-21)8-9-23-20(26)14-2-5-17(22)6-3-14/h2-7,12H,8-11,13H2,1H3,(H,23,26). The van der Waals surface area contributed by atoms with E-state index in [-0.39, 0.29) is 17.6 Å². The summed E-state index contributed by atoms with van der Waals surface area (Å²) in [6.45, 7) is 1.25. The molecule has 2 heterocycles. The van der Waals surface area contributed by atoms with Crippen molar-refractivity contribution in [2.75, 3.05) is 31.7 Å². The molecule has 2 amide bonds. The maximum Gasteiger partial charge on any atom is 0.251 e. The zero-order valence-electron chi connectivity index (χ0n) is 15.5. The van der Waals surface area contributed by atoms with Gasteiger partial charge in [0.05, 0.1) is 19.6 Å². The van der Waals surface area contributed by atoms with Gasteiger partial charge in [-0.2, -0.15) is 0 Å². The Hall–Kier alpha value is -2.77. The Balaban J connectivity index is 1.47. The summed E-state index contributed by atoms with van der Waals surface area (Å²) in [4.78, 5) is 25.8.